The number of pyridine rings is 1. The van der Waals surface area contributed by atoms with Gasteiger partial charge < -0.3 is 9.88 Å². The smallest absolute Gasteiger partial charge is 0.261 e. The van der Waals surface area contributed by atoms with E-state index in [9.17, 15) is 9.59 Å². The van der Waals surface area contributed by atoms with Crippen LogP contribution in [0.1, 0.15) is 20.8 Å². The zero-order valence-electron chi connectivity index (χ0n) is 13.0. The molecule has 0 fully saturated rings. The third-order valence-electron chi connectivity index (χ3n) is 3.60. The van der Waals surface area contributed by atoms with E-state index in [1.165, 1.54) is 11.3 Å². The maximum atomic E-state index is 12.1. The van der Waals surface area contributed by atoms with Crippen LogP contribution < -0.4 is 10.9 Å². The standard InChI is InChI=1S/C18H14Br2N2O2S/c19-14-9-15(25-17(14)20)18(24)21-10-12-4-6-13(7-5-12)11-22-8-2-1-3-16(22)23/h1-9H,10-11H2,(H,21,24). The molecule has 0 spiro atoms. The lowest BCUT2D eigenvalue weighted by atomic mass is 10.1. The van der Waals surface area contributed by atoms with E-state index in [1.807, 2.05) is 30.3 Å². The van der Waals surface area contributed by atoms with Crippen molar-refractivity contribution >= 4 is 49.1 Å². The minimum Gasteiger partial charge on any atom is -0.347 e. The normalized spacial score (nSPS) is 10.6. The summed E-state index contributed by atoms with van der Waals surface area (Å²) in [5.74, 6) is -0.101. The van der Waals surface area contributed by atoms with Gasteiger partial charge in [-0.2, -0.15) is 0 Å². The molecule has 3 rings (SSSR count). The number of carbonyl (C=O) groups excluding carboxylic acids is 1. The van der Waals surface area contributed by atoms with Gasteiger partial charge in [-0.25, -0.2) is 0 Å². The number of thiophene rings is 1. The van der Waals surface area contributed by atoms with Gasteiger partial charge in [0.05, 0.1) is 15.2 Å². The molecular formula is C18H14Br2N2O2S. The SMILES string of the molecule is O=C(NCc1ccc(Cn2ccccc2=O)cc1)c1cc(Br)c(Br)s1. The van der Waals surface area contributed by atoms with Gasteiger partial charge in [-0.1, -0.05) is 30.3 Å². The number of nitrogens with zero attached hydrogens (tertiary/aromatic N) is 1. The molecule has 128 valence electrons. The molecule has 0 unspecified atom stereocenters. The van der Waals surface area contributed by atoms with Crippen molar-refractivity contribution in [1.82, 2.24) is 9.88 Å². The zero-order valence-corrected chi connectivity index (χ0v) is 17.0. The highest BCUT2D eigenvalue weighted by atomic mass is 79.9. The number of carbonyl (C=O) groups is 1. The second-order valence-electron chi connectivity index (χ2n) is 5.40. The molecule has 0 atom stereocenters. The number of aromatic nitrogens is 1. The molecule has 0 aliphatic carbocycles. The van der Waals surface area contributed by atoms with Crippen LogP contribution in [0.15, 0.2) is 67.8 Å². The first-order valence-corrected chi connectivity index (χ1v) is 9.89. The summed E-state index contributed by atoms with van der Waals surface area (Å²) < 4.78 is 3.44. The summed E-state index contributed by atoms with van der Waals surface area (Å²) in [5, 5.41) is 2.91. The highest BCUT2D eigenvalue weighted by Crippen LogP contribution is 2.32. The molecular weight excluding hydrogens is 468 g/mol. The van der Waals surface area contributed by atoms with Gasteiger partial charge in [0.1, 0.15) is 0 Å². The first kappa shape index (κ1) is 18.1. The Morgan fingerprint density at radius 3 is 2.44 bits per heavy atom. The van der Waals surface area contributed by atoms with Crippen LogP contribution in [-0.2, 0) is 13.1 Å². The molecule has 3 aromatic rings. The number of rotatable bonds is 5. The first-order chi connectivity index (χ1) is 12.0. The van der Waals surface area contributed by atoms with E-state index in [-0.39, 0.29) is 11.5 Å². The third kappa shape index (κ3) is 4.68. The van der Waals surface area contributed by atoms with Crippen molar-refractivity contribution in [1.29, 1.82) is 0 Å². The molecule has 0 radical (unpaired) electrons. The van der Waals surface area contributed by atoms with Gasteiger partial charge in [0.15, 0.2) is 0 Å². The lowest BCUT2D eigenvalue weighted by molar-refractivity contribution is 0.0955. The Kier molecular flexibility index (Phi) is 5.88. The lowest BCUT2D eigenvalue weighted by Gasteiger charge is -2.07. The van der Waals surface area contributed by atoms with E-state index in [0.29, 0.717) is 18.0 Å². The number of hydrogen-bond donors (Lipinski definition) is 1. The predicted molar refractivity (Wildman–Crippen MR) is 107 cm³/mol. The van der Waals surface area contributed by atoms with Gasteiger partial charge >= 0.3 is 0 Å². The van der Waals surface area contributed by atoms with E-state index in [2.05, 4.69) is 37.2 Å². The fraction of sp³-hybridized carbons (Fsp3) is 0.111. The zero-order chi connectivity index (χ0) is 17.8. The van der Waals surface area contributed by atoms with Crippen LogP contribution in [0.2, 0.25) is 0 Å². The number of benzene rings is 1. The highest BCUT2D eigenvalue weighted by molar-refractivity contribution is 9.13. The molecule has 7 heteroatoms. The Morgan fingerprint density at radius 2 is 1.80 bits per heavy atom. The van der Waals surface area contributed by atoms with Crippen molar-refractivity contribution in [3.63, 3.8) is 0 Å². The van der Waals surface area contributed by atoms with Gasteiger partial charge in [-0.15, -0.1) is 11.3 Å². The predicted octanol–water partition coefficient (Wildman–Crippen LogP) is 4.41. The van der Waals surface area contributed by atoms with Crippen molar-refractivity contribution in [2.24, 2.45) is 0 Å². The van der Waals surface area contributed by atoms with Crippen molar-refractivity contribution in [3.8, 4) is 0 Å². The maximum absolute atomic E-state index is 12.1. The molecule has 0 bridgehead atoms. The molecule has 25 heavy (non-hydrogen) atoms. The lowest BCUT2D eigenvalue weighted by Crippen LogP contribution is -2.21. The van der Waals surface area contributed by atoms with Gasteiger partial charge in [-0.05, 0) is 55.1 Å². The molecule has 0 aliphatic heterocycles. The summed E-state index contributed by atoms with van der Waals surface area (Å²) in [6.45, 7) is 0.987. The van der Waals surface area contributed by atoms with Crippen molar-refractivity contribution in [2.75, 3.05) is 0 Å². The monoisotopic (exact) mass is 480 g/mol. The second-order valence-corrected chi connectivity index (χ2v) is 8.62. The quantitative estimate of drug-likeness (QED) is 0.586. The van der Waals surface area contributed by atoms with Crippen LogP contribution in [-0.4, -0.2) is 10.5 Å². The molecule has 0 aliphatic rings. The summed E-state index contributed by atoms with van der Waals surface area (Å²) in [5.41, 5.74) is 2.02. The summed E-state index contributed by atoms with van der Waals surface area (Å²) >= 11 is 8.16. The average Bonchev–Trinajstić information content (AvgIpc) is 2.95. The Balaban J connectivity index is 1.60. The topological polar surface area (TPSA) is 51.1 Å². The van der Waals surface area contributed by atoms with E-state index >= 15 is 0 Å². The average molecular weight is 482 g/mol. The van der Waals surface area contributed by atoms with Gasteiger partial charge in [0, 0.05) is 23.3 Å². The van der Waals surface area contributed by atoms with Crippen LogP contribution in [0.4, 0.5) is 0 Å². The molecule has 4 nitrogen and oxygen atoms in total. The van der Waals surface area contributed by atoms with Gasteiger partial charge in [0.25, 0.3) is 11.5 Å². The Labute approximate surface area is 165 Å². The molecule has 0 saturated carbocycles. The number of hydrogen-bond acceptors (Lipinski definition) is 3. The van der Waals surface area contributed by atoms with Crippen LogP contribution >= 0.6 is 43.2 Å². The Bertz CT molecular complexity index is 929. The summed E-state index contributed by atoms with van der Waals surface area (Å²) in [6.07, 6.45) is 1.77. The first-order valence-electron chi connectivity index (χ1n) is 7.49. The number of halogens is 2. The maximum Gasteiger partial charge on any atom is 0.261 e. The fourth-order valence-corrected chi connectivity index (χ4v) is 4.23. The van der Waals surface area contributed by atoms with Crippen molar-refractivity contribution in [3.05, 3.63) is 89.3 Å². The third-order valence-corrected chi connectivity index (χ3v) is 6.85. The number of amides is 1. The summed E-state index contributed by atoms with van der Waals surface area (Å²) in [6, 6.07) is 14.8. The Morgan fingerprint density at radius 1 is 1.08 bits per heavy atom. The fourth-order valence-electron chi connectivity index (χ4n) is 2.28. The molecule has 0 saturated heterocycles. The van der Waals surface area contributed by atoms with Gasteiger partial charge in [-0.3, -0.25) is 9.59 Å². The van der Waals surface area contributed by atoms with Crippen LogP contribution in [0.3, 0.4) is 0 Å². The summed E-state index contributed by atoms with van der Waals surface area (Å²) in [7, 11) is 0. The Hall–Kier alpha value is -1.70. The van der Waals surface area contributed by atoms with Gasteiger partial charge in [0.2, 0.25) is 0 Å². The largest absolute Gasteiger partial charge is 0.347 e. The van der Waals surface area contributed by atoms with E-state index < -0.39 is 0 Å². The molecule has 2 heterocycles. The molecule has 2 aromatic heterocycles. The van der Waals surface area contributed by atoms with Crippen LogP contribution in [0, 0.1) is 0 Å². The van der Waals surface area contributed by atoms with Crippen LogP contribution in [0.25, 0.3) is 0 Å². The van der Waals surface area contributed by atoms with Crippen molar-refractivity contribution in [2.45, 2.75) is 13.1 Å². The second kappa shape index (κ2) is 8.12. The molecule has 1 aromatic carbocycles. The molecule has 1 N–H and O–H groups in total. The number of nitrogens with one attached hydrogen (secondary N) is 1. The summed E-state index contributed by atoms with van der Waals surface area (Å²) in [4.78, 5) is 24.5. The van der Waals surface area contributed by atoms with Crippen LogP contribution in [0.5, 0.6) is 0 Å². The van der Waals surface area contributed by atoms with E-state index in [1.54, 1.807) is 29.0 Å². The minimum atomic E-state index is -0.101. The highest BCUT2D eigenvalue weighted by Gasteiger charge is 2.11. The van der Waals surface area contributed by atoms with E-state index in [0.717, 1.165) is 19.4 Å². The van der Waals surface area contributed by atoms with Crippen molar-refractivity contribution < 1.29 is 4.79 Å². The molecule has 1 amide bonds. The minimum absolute atomic E-state index is 0.0212. The van der Waals surface area contributed by atoms with E-state index in [4.69, 9.17) is 0 Å².